The first-order chi connectivity index (χ1) is 16.5. The normalized spacial score (nSPS) is 18.7. The average Bonchev–Trinajstić information content (AvgIpc) is 3.19. The minimum absolute atomic E-state index is 0.217. The Morgan fingerprint density at radius 1 is 1.20 bits per heavy atom. The van der Waals surface area contributed by atoms with Gasteiger partial charge in [-0.25, -0.2) is 28.5 Å². The van der Waals surface area contributed by atoms with Crippen molar-refractivity contribution in [3.8, 4) is 11.9 Å². The van der Waals surface area contributed by atoms with Gasteiger partial charge in [-0.1, -0.05) is 0 Å². The molecule has 1 fully saturated rings. The summed E-state index contributed by atoms with van der Waals surface area (Å²) in [5.41, 5.74) is -0.232. The van der Waals surface area contributed by atoms with Crippen molar-refractivity contribution in [1.82, 2.24) is 24.4 Å². The number of fused-ring (bicyclic) bond motifs is 1. The lowest BCUT2D eigenvalue weighted by molar-refractivity contribution is 0.0130. The molecule has 0 radical (unpaired) electrons. The maximum Gasteiger partial charge on any atom is 0.410 e. The molecule has 3 aromatic rings. The number of aromatic nitrogens is 4. The molecule has 0 aliphatic carbocycles. The van der Waals surface area contributed by atoms with Crippen molar-refractivity contribution in [2.45, 2.75) is 58.7 Å². The lowest BCUT2D eigenvalue weighted by atomic mass is 10.1. The summed E-state index contributed by atoms with van der Waals surface area (Å²) in [6.07, 6.45) is 0.881. The van der Waals surface area contributed by atoms with Crippen LogP contribution in [-0.2, 0) is 4.74 Å². The zero-order chi connectivity index (χ0) is 25.5. The molecule has 1 aliphatic rings. The first-order valence-electron chi connectivity index (χ1n) is 11.3. The Morgan fingerprint density at radius 2 is 1.94 bits per heavy atom. The van der Waals surface area contributed by atoms with Gasteiger partial charge in [-0.2, -0.15) is 5.26 Å². The van der Waals surface area contributed by atoms with E-state index in [0.717, 1.165) is 0 Å². The summed E-state index contributed by atoms with van der Waals surface area (Å²) < 4.78 is 35.4. The van der Waals surface area contributed by atoms with E-state index in [1.165, 1.54) is 35.4 Å². The molecule has 0 saturated carbocycles. The van der Waals surface area contributed by atoms with E-state index < -0.39 is 18.1 Å². The summed E-state index contributed by atoms with van der Waals surface area (Å²) in [6.45, 7) is 9.95. The number of nitriles is 1. The molecule has 0 N–H and O–H groups in total. The molecule has 0 spiro atoms. The molecular weight excluding hydrogens is 456 g/mol. The quantitative estimate of drug-likeness (QED) is 0.542. The maximum atomic E-state index is 14.2. The molecule has 9 nitrogen and oxygen atoms in total. The number of carbonyl (C=O) groups excluding carboxylic acids is 1. The van der Waals surface area contributed by atoms with Crippen molar-refractivity contribution in [3.05, 3.63) is 42.0 Å². The van der Waals surface area contributed by atoms with Crippen LogP contribution in [0.3, 0.4) is 0 Å². The monoisotopic (exact) mass is 483 g/mol. The number of rotatable bonds is 3. The van der Waals surface area contributed by atoms with Crippen LogP contribution in [0.2, 0.25) is 0 Å². The zero-order valence-corrected chi connectivity index (χ0v) is 20.2. The van der Waals surface area contributed by atoms with Crippen molar-refractivity contribution < 1.29 is 18.3 Å². The third-order valence-corrected chi connectivity index (χ3v) is 5.83. The van der Waals surface area contributed by atoms with E-state index in [4.69, 9.17) is 4.74 Å². The Balaban J connectivity index is 1.76. The molecule has 1 amide bonds. The smallest absolute Gasteiger partial charge is 0.410 e. The van der Waals surface area contributed by atoms with E-state index in [9.17, 15) is 18.8 Å². The van der Waals surface area contributed by atoms with Crippen LogP contribution in [0.4, 0.5) is 19.4 Å². The van der Waals surface area contributed by atoms with E-state index in [-0.39, 0.29) is 28.7 Å². The fraction of sp³-hybridized carbons (Fsp3) is 0.458. The van der Waals surface area contributed by atoms with Crippen LogP contribution in [0.15, 0.2) is 30.9 Å². The molecular formula is C24H27F2N7O2. The lowest BCUT2D eigenvalue weighted by Gasteiger charge is -2.44. The Hall–Kier alpha value is -3.81. The second-order valence-electron chi connectivity index (χ2n) is 9.65. The molecule has 3 aromatic heterocycles. The topological polar surface area (TPSA) is 100 Å². The van der Waals surface area contributed by atoms with Gasteiger partial charge in [0.2, 0.25) is 0 Å². The van der Waals surface area contributed by atoms with E-state index in [0.29, 0.717) is 30.3 Å². The summed E-state index contributed by atoms with van der Waals surface area (Å²) >= 11 is 0. The molecule has 1 unspecified atom stereocenters. The number of anilines is 1. The van der Waals surface area contributed by atoms with Crippen molar-refractivity contribution in [3.63, 3.8) is 0 Å². The Labute approximate surface area is 202 Å². The number of hydrogen-bond donors (Lipinski definition) is 0. The van der Waals surface area contributed by atoms with Gasteiger partial charge in [0.05, 0.1) is 17.0 Å². The summed E-state index contributed by atoms with van der Waals surface area (Å²) in [7, 11) is 0. The van der Waals surface area contributed by atoms with Gasteiger partial charge < -0.3 is 14.5 Å². The highest BCUT2D eigenvalue weighted by atomic mass is 19.3. The lowest BCUT2D eigenvalue weighted by Crippen LogP contribution is -2.59. The second kappa shape index (κ2) is 9.09. The maximum absolute atomic E-state index is 14.2. The van der Waals surface area contributed by atoms with Crippen molar-refractivity contribution in [2.75, 3.05) is 18.0 Å². The summed E-state index contributed by atoms with van der Waals surface area (Å²) in [5, 5.41) is 9.45. The number of nitrogens with zero attached hydrogens (tertiary/aromatic N) is 7. The minimum Gasteiger partial charge on any atom is -0.444 e. The fourth-order valence-corrected chi connectivity index (χ4v) is 4.25. The number of pyridine rings is 1. The summed E-state index contributed by atoms with van der Waals surface area (Å²) in [4.78, 5) is 29.2. The Kier molecular flexibility index (Phi) is 6.32. The SMILES string of the molecule is CC1CN(C(=O)OC(C)(C)C)[C@@H](C)CN1c1ncnc2c1c(C(F)F)cn2-c1cc(C#N)ccn1. The number of amides is 1. The van der Waals surface area contributed by atoms with Gasteiger partial charge >= 0.3 is 6.09 Å². The first-order valence-corrected chi connectivity index (χ1v) is 11.3. The minimum atomic E-state index is -2.78. The molecule has 4 rings (SSSR count). The standard InChI is InChI=1S/C24H27F2N7O2/c1-14-11-32(23(34)35-24(3,4)5)15(2)10-31(14)21-19-17(20(25)26)12-33(22(19)30-13-29-21)18-8-16(9-27)6-7-28-18/h6-8,12-15,20H,10-11H2,1-5H3/t14?,15-/m0/s1. The number of carbonyl (C=O) groups is 1. The molecule has 0 aromatic carbocycles. The van der Waals surface area contributed by atoms with Crippen molar-refractivity contribution in [2.24, 2.45) is 0 Å². The van der Waals surface area contributed by atoms with E-state index in [1.807, 2.05) is 45.6 Å². The first kappa shape index (κ1) is 24.3. The Bertz CT molecular complexity index is 1300. The summed E-state index contributed by atoms with van der Waals surface area (Å²) in [5.74, 6) is 0.672. The highest BCUT2D eigenvalue weighted by Crippen LogP contribution is 2.37. The van der Waals surface area contributed by atoms with Crippen molar-refractivity contribution >= 4 is 22.9 Å². The second-order valence-corrected chi connectivity index (χ2v) is 9.65. The highest BCUT2D eigenvalue weighted by Gasteiger charge is 2.36. The van der Waals surface area contributed by atoms with E-state index in [2.05, 4.69) is 15.0 Å². The van der Waals surface area contributed by atoms with Crippen LogP contribution >= 0.6 is 0 Å². The number of hydrogen-bond acceptors (Lipinski definition) is 7. The number of ether oxygens (including phenoxy) is 1. The Morgan fingerprint density at radius 3 is 2.60 bits per heavy atom. The van der Waals surface area contributed by atoms with E-state index >= 15 is 0 Å². The van der Waals surface area contributed by atoms with Gasteiger partial charge in [0, 0.05) is 43.1 Å². The molecule has 184 valence electrons. The molecule has 2 atom stereocenters. The van der Waals surface area contributed by atoms with Crippen LogP contribution in [0.25, 0.3) is 16.9 Å². The zero-order valence-electron chi connectivity index (χ0n) is 20.2. The van der Waals surface area contributed by atoms with Gasteiger partial charge in [-0.05, 0) is 46.8 Å². The fourth-order valence-electron chi connectivity index (χ4n) is 4.25. The van der Waals surface area contributed by atoms with Crippen LogP contribution in [0.1, 0.15) is 52.2 Å². The average molecular weight is 484 g/mol. The largest absolute Gasteiger partial charge is 0.444 e. The number of alkyl halides is 2. The number of halogens is 2. The highest BCUT2D eigenvalue weighted by molar-refractivity contribution is 5.93. The van der Waals surface area contributed by atoms with Gasteiger partial charge in [0.25, 0.3) is 6.43 Å². The molecule has 35 heavy (non-hydrogen) atoms. The van der Waals surface area contributed by atoms with Crippen LogP contribution in [0.5, 0.6) is 0 Å². The predicted molar refractivity (Wildman–Crippen MR) is 126 cm³/mol. The van der Waals surface area contributed by atoms with Gasteiger partial charge in [-0.3, -0.25) is 4.57 Å². The molecule has 11 heteroatoms. The molecule has 1 saturated heterocycles. The van der Waals surface area contributed by atoms with Gasteiger partial charge in [-0.15, -0.1) is 0 Å². The van der Waals surface area contributed by atoms with Gasteiger partial charge in [0.15, 0.2) is 5.65 Å². The van der Waals surface area contributed by atoms with E-state index in [1.54, 1.807) is 4.90 Å². The third-order valence-electron chi connectivity index (χ3n) is 5.83. The molecule has 1 aliphatic heterocycles. The molecule has 4 heterocycles. The van der Waals surface area contributed by atoms with Crippen LogP contribution in [-0.4, -0.2) is 61.3 Å². The molecule has 0 bridgehead atoms. The predicted octanol–water partition coefficient (Wildman–Crippen LogP) is 4.46. The van der Waals surface area contributed by atoms with Gasteiger partial charge in [0.1, 0.15) is 23.6 Å². The van der Waals surface area contributed by atoms with Crippen molar-refractivity contribution in [1.29, 1.82) is 5.26 Å². The number of piperazine rings is 1. The third kappa shape index (κ3) is 4.73. The van der Waals surface area contributed by atoms with Crippen LogP contribution in [0, 0.1) is 11.3 Å². The summed E-state index contributed by atoms with van der Waals surface area (Å²) in [6, 6.07) is 4.63. The van der Waals surface area contributed by atoms with Crippen LogP contribution < -0.4 is 4.90 Å².